The lowest BCUT2D eigenvalue weighted by Crippen LogP contribution is -2.18. The van der Waals surface area contributed by atoms with E-state index in [0.29, 0.717) is 13.3 Å². The Kier molecular flexibility index (Phi) is 6.43. The van der Waals surface area contributed by atoms with Crippen LogP contribution in [0.5, 0.6) is 0 Å². The van der Waals surface area contributed by atoms with Crippen LogP contribution in [0, 0.1) is 3.95 Å². The van der Waals surface area contributed by atoms with E-state index in [9.17, 15) is 18.0 Å². The van der Waals surface area contributed by atoms with Gasteiger partial charge in [0.15, 0.2) is 8.29 Å². The molecule has 1 amide bonds. The lowest BCUT2D eigenvalue weighted by atomic mass is 10.1. The summed E-state index contributed by atoms with van der Waals surface area (Å²) < 4.78 is 41.5. The molecule has 0 bridgehead atoms. The van der Waals surface area contributed by atoms with Crippen LogP contribution in [0.1, 0.15) is 5.56 Å². The molecule has 0 radical (unpaired) electrons. The van der Waals surface area contributed by atoms with Crippen molar-refractivity contribution in [3.05, 3.63) is 63.1 Å². The molecule has 0 aliphatic carbocycles. The summed E-state index contributed by atoms with van der Waals surface area (Å²) >= 11 is 13.4. The first kappa shape index (κ1) is 20.8. The molecule has 0 unspecified atom stereocenters. The smallest absolute Gasteiger partial charge is 0.325 e. The van der Waals surface area contributed by atoms with E-state index in [0.717, 1.165) is 23.5 Å². The Balaban J connectivity index is 1.67. The Morgan fingerprint density at radius 2 is 1.89 bits per heavy atom. The number of aromatic nitrogens is 2. The minimum Gasteiger partial charge on any atom is -0.325 e. The number of rotatable bonds is 5. The highest BCUT2D eigenvalue weighted by atomic mass is 35.5. The second kappa shape index (κ2) is 8.64. The Bertz CT molecular complexity index is 1050. The Hall–Kier alpha value is -1.88. The molecule has 0 aliphatic heterocycles. The molecule has 4 nitrogen and oxygen atoms in total. The van der Waals surface area contributed by atoms with Crippen molar-refractivity contribution in [2.45, 2.75) is 10.5 Å². The van der Waals surface area contributed by atoms with Crippen LogP contribution in [0.25, 0.3) is 5.69 Å². The minimum atomic E-state index is -4.55. The van der Waals surface area contributed by atoms with Crippen molar-refractivity contribution < 1.29 is 18.0 Å². The van der Waals surface area contributed by atoms with Gasteiger partial charge in [-0.25, -0.2) is 4.68 Å². The van der Waals surface area contributed by atoms with Gasteiger partial charge in [0, 0.05) is 5.02 Å². The summed E-state index contributed by atoms with van der Waals surface area (Å²) in [5.41, 5.74) is -0.447. The van der Waals surface area contributed by atoms with Crippen LogP contribution < -0.4 is 5.32 Å². The number of hydrogen-bond acceptors (Lipinski definition) is 5. The number of hydrogen-bond donors (Lipinski definition) is 1. The van der Waals surface area contributed by atoms with Gasteiger partial charge in [-0.15, -0.1) is 5.10 Å². The van der Waals surface area contributed by atoms with Crippen molar-refractivity contribution in [3.8, 4) is 5.69 Å². The van der Waals surface area contributed by atoms with E-state index < -0.39 is 17.6 Å². The Morgan fingerprint density at radius 3 is 2.57 bits per heavy atom. The van der Waals surface area contributed by atoms with Gasteiger partial charge in [-0.1, -0.05) is 46.8 Å². The Morgan fingerprint density at radius 1 is 1.21 bits per heavy atom. The lowest BCUT2D eigenvalue weighted by Gasteiger charge is -2.13. The van der Waals surface area contributed by atoms with Gasteiger partial charge in [0.1, 0.15) is 0 Å². The van der Waals surface area contributed by atoms with Crippen molar-refractivity contribution in [1.29, 1.82) is 0 Å². The number of anilines is 1. The number of alkyl halides is 3. The normalized spacial score (nSPS) is 11.4. The van der Waals surface area contributed by atoms with Gasteiger partial charge in [-0.3, -0.25) is 4.79 Å². The molecule has 3 aromatic rings. The summed E-state index contributed by atoms with van der Waals surface area (Å²) in [6.07, 6.45) is -4.55. The van der Waals surface area contributed by atoms with E-state index in [2.05, 4.69) is 10.4 Å². The highest BCUT2D eigenvalue weighted by molar-refractivity contribution is 8.01. The molecular formula is C17H11ClF3N3OS3. The number of nitrogens with one attached hydrogen (secondary N) is 1. The van der Waals surface area contributed by atoms with Crippen LogP contribution in [0.3, 0.4) is 0 Å². The summed E-state index contributed by atoms with van der Waals surface area (Å²) in [5.74, 6) is -0.671. The predicted molar refractivity (Wildman–Crippen MR) is 108 cm³/mol. The largest absolute Gasteiger partial charge is 0.418 e. The van der Waals surface area contributed by atoms with Crippen LogP contribution in [-0.4, -0.2) is 21.4 Å². The SMILES string of the molecule is O=C(CSc1nn(-c2ccc(Cl)cc2)c(=S)s1)Nc1ccccc1C(F)(F)F. The maximum absolute atomic E-state index is 13.0. The average molecular weight is 462 g/mol. The van der Waals surface area contributed by atoms with E-state index in [1.807, 2.05) is 0 Å². The van der Waals surface area contributed by atoms with Gasteiger partial charge >= 0.3 is 6.18 Å². The highest BCUT2D eigenvalue weighted by Gasteiger charge is 2.33. The fraction of sp³-hybridized carbons (Fsp3) is 0.118. The summed E-state index contributed by atoms with van der Waals surface area (Å²) in [4.78, 5) is 12.1. The molecule has 0 saturated heterocycles. The monoisotopic (exact) mass is 461 g/mol. The number of nitrogens with zero attached hydrogens (tertiary/aromatic N) is 2. The minimum absolute atomic E-state index is 0.102. The van der Waals surface area contributed by atoms with E-state index in [-0.39, 0.29) is 11.4 Å². The number of carbonyl (C=O) groups is 1. The first-order valence-corrected chi connectivity index (χ1v) is 10.3. The fourth-order valence-corrected chi connectivity index (χ4v) is 4.50. The molecule has 1 aromatic heterocycles. The lowest BCUT2D eigenvalue weighted by molar-refractivity contribution is -0.137. The third-order valence-corrected chi connectivity index (χ3v) is 6.05. The molecule has 146 valence electrons. The van der Waals surface area contributed by atoms with Gasteiger partial charge < -0.3 is 5.32 Å². The van der Waals surface area contributed by atoms with E-state index in [4.69, 9.17) is 23.8 Å². The van der Waals surface area contributed by atoms with Crippen molar-refractivity contribution >= 4 is 58.5 Å². The standard InChI is InChI=1S/C17H11ClF3N3OS3/c18-10-5-7-11(8-6-10)24-16(26)28-15(23-24)27-9-14(25)22-13-4-2-1-3-12(13)17(19,20)21/h1-8H,9H2,(H,22,25). The number of amides is 1. The topological polar surface area (TPSA) is 46.9 Å². The number of benzene rings is 2. The van der Waals surface area contributed by atoms with Crippen molar-refractivity contribution in [2.24, 2.45) is 0 Å². The maximum atomic E-state index is 13.0. The van der Waals surface area contributed by atoms with Crippen molar-refractivity contribution in [3.63, 3.8) is 0 Å². The van der Waals surface area contributed by atoms with Crippen molar-refractivity contribution in [1.82, 2.24) is 9.78 Å². The van der Waals surface area contributed by atoms with Crippen molar-refractivity contribution in [2.75, 3.05) is 11.1 Å². The molecule has 0 aliphatic rings. The highest BCUT2D eigenvalue weighted by Crippen LogP contribution is 2.34. The third-order valence-electron chi connectivity index (χ3n) is 3.43. The third kappa shape index (κ3) is 5.13. The second-order valence-electron chi connectivity index (χ2n) is 5.40. The zero-order chi connectivity index (χ0) is 20.3. The van der Waals surface area contributed by atoms with Gasteiger partial charge in [-0.05, 0) is 48.6 Å². The number of halogens is 4. The second-order valence-corrected chi connectivity index (χ2v) is 8.68. The van der Waals surface area contributed by atoms with Gasteiger partial charge in [0.25, 0.3) is 0 Å². The van der Waals surface area contributed by atoms with Crippen LogP contribution in [0.2, 0.25) is 5.02 Å². The maximum Gasteiger partial charge on any atom is 0.418 e. The molecule has 1 heterocycles. The van der Waals surface area contributed by atoms with Gasteiger partial charge in [0.05, 0.1) is 22.7 Å². The number of carbonyl (C=O) groups excluding carboxylic acids is 1. The Labute approximate surface area is 176 Å². The fourth-order valence-electron chi connectivity index (χ4n) is 2.22. The van der Waals surface area contributed by atoms with Crippen LogP contribution in [0.15, 0.2) is 52.9 Å². The number of para-hydroxylation sites is 1. The zero-order valence-electron chi connectivity index (χ0n) is 13.9. The summed E-state index contributed by atoms with van der Waals surface area (Å²) in [6, 6.07) is 11.8. The van der Waals surface area contributed by atoms with E-state index >= 15 is 0 Å². The van der Waals surface area contributed by atoms with Crippen LogP contribution in [-0.2, 0) is 11.0 Å². The van der Waals surface area contributed by atoms with Gasteiger partial charge in [-0.2, -0.15) is 13.2 Å². The molecule has 2 aromatic carbocycles. The van der Waals surface area contributed by atoms with Crippen LogP contribution >= 0.6 is 46.9 Å². The summed E-state index contributed by atoms with van der Waals surface area (Å²) in [6.45, 7) is 0. The zero-order valence-corrected chi connectivity index (χ0v) is 17.1. The summed E-state index contributed by atoms with van der Waals surface area (Å²) in [5, 5.41) is 7.21. The molecule has 1 N–H and O–H groups in total. The van der Waals surface area contributed by atoms with E-state index in [1.165, 1.54) is 34.2 Å². The molecule has 3 rings (SSSR count). The quantitative estimate of drug-likeness (QED) is 0.370. The van der Waals surface area contributed by atoms with E-state index in [1.54, 1.807) is 24.3 Å². The van der Waals surface area contributed by atoms with Crippen LogP contribution in [0.4, 0.5) is 18.9 Å². The molecule has 0 fully saturated rings. The molecule has 28 heavy (non-hydrogen) atoms. The molecule has 0 atom stereocenters. The first-order chi connectivity index (χ1) is 13.2. The summed E-state index contributed by atoms with van der Waals surface area (Å²) in [7, 11) is 0. The molecular weight excluding hydrogens is 451 g/mol. The van der Waals surface area contributed by atoms with Gasteiger partial charge in [0.2, 0.25) is 5.91 Å². The average Bonchev–Trinajstić information content (AvgIpc) is 3.01. The predicted octanol–water partition coefficient (Wildman–Crippen LogP) is 6.07. The molecule has 0 spiro atoms. The molecule has 11 heteroatoms. The molecule has 0 saturated carbocycles. The first-order valence-electron chi connectivity index (χ1n) is 7.69. The number of thioether (sulfide) groups is 1.